The lowest BCUT2D eigenvalue weighted by Gasteiger charge is -2.15. The van der Waals surface area contributed by atoms with Crippen LogP contribution in [0.2, 0.25) is 5.02 Å². The summed E-state index contributed by atoms with van der Waals surface area (Å²) < 4.78 is 0. The number of hydrogen-bond acceptors (Lipinski definition) is 2. The normalized spacial score (nSPS) is 20.5. The van der Waals surface area contributed by atoms with Crippen molar-refractivity contribution < 1.29 is 14.7 Å². The average Bonchev–Trinajstić information content (AvgIpc) is 2.90. The molecule has 1 aromatic carbocycles. The molecule has 2 rings (SSSR count). The molecule has 0 aliphatic heterocycles. The van der Waals surface area contributed by atoms with Gasteiger partial charge in [0, 0.05) is 23.8 Å². The van der Waals surface area contributed by atoms with Gasteiger partial charge in [0.15, 0.2) is 0 Å². The third-order valence-corrected chi connectivity index (χ3v) is 5.30. The minimum absolute atomic E-state index is 0.128. The van der Waals surface area contributed by atoms with Gasteiger partial charge in [-0.1, -0.05) is 49.1 Å². The van der Waals surface area contributed by atoms with Crippen LogP contribution in [0.15, 0.2) is 24.3 Å². The SMILES string of the molecule is Cc1cc(Cl)ccc1/C=C/C1CCC(=O)C1CCCCCCC(=O)O. The summed E-state index contributed by atoms with van der Waals surface area (Å²) in [7, 11) is 0. The van der Waals surface area contributed by atoms with Crippen LogP contribution in [-0.4, -0.2) is 16.9 Å². The van der Waals surface area contributed by atoms with Gasteiger partial charge >= 0.3 is 5.97 Å². The molecule has 2 unspecified atom stereocenters. The maximum Gasteiger partial charge on any atom is 0.303 e. The molecule has 1 N–H and O–H groups in total. The molecule has 1 saturated carbocycles. The van der Waals surface area contributed by atoms with Gasteiger partial charge in [-0.05, 0) is 55.4 Å². The minimum atomic E-state index is -0.728. The monoisotopic (exact) mass is 362 g/mol. The highest BCUT2D eigenvalue weighted by atomic mass is 35.5. The van der Waals surface area contributed by atoms with Crippen LogP contribution in [-0.2, 0) is 9.59 Å². The molecule has 0 spiro atoms. The number of halogens is 1. The molecule has 4 heteroatoms. The van der Waals surface area contributed by atoms with Crippen molar-refractivity contribution in [2.75, 3.05) is 0 Å². The van der Waals surface area contributed by atoms with E-state index in [-0.39, 0.29) is 12.3 Å². The minimum Gasteiger partial charge on any atom is -0.481 e. The van der Waals surface area contributed by atoms with Gasteiger partial charge in [-0.3, -0.25) is 9.59 Å². The zero-order valence-corrected chi connectivity index (χ0v) is 15.6. The number of unbranched alkanes of at least 4 members (excludes halogenated alkanes) is 3. The topological polar surface area (TPSA) is 54.4 Å². The van der Waals surface area contributed by atoms with Crippen LogP contribution >= 0.6 is 11.6 Å². The first-order valence-corrected chi connectivity index (χ1v) is 9.54. The number of carboxylic acids is 1. The second kappa shape index (κ2) is 9.76. The summed E-state index contributed by atoms with van der Waals surface area (Å²) in [6.07, 6.45) is 10.7. The Labute approximate surface area is 155 Å². The Hall–Kier alpha value is -1.61. The predicted molar refractivity (Wildman–Crippen MR) is 102 cm³/mol. The van der Waals surface area contributed by atoms with E-state index in [1.54, 1.807) is 0 Å². The highest BCUT2D eigenvalue weighted by Gasteiger charge is 2.32. The van der Waals surface area contributed by atoms with Crippen molar-refractivity contribution in [3.63, 3.8) is 0 Å². The van der Waals surface area contributed by atoms with Gasteiger partial charge in [0.1, 0.15) is 5.78 Å². The van der Waals surface area contributed by atoms with Crippen molar-refractivity contribution in [1.82, 2.24) is 0 Å². The van der Waals surface area contributed by atoms with E-state index in [9.17, 15) is 9.59 Å². The Bertz CT molecular complexity index is 636. The standard InChI is InChI=1S/C21H27ClO3/c1-15-14-18(22)12-10-16(15)8-9-17-11-13-20(23)19(17)6-4-2-3-5-7-21(24)25/h8-10,12,14,17,19H,2-7,11,13H2,1H3,(H,24,25)/b9-8+. The van der Waals surface area contributed by atoms with Crippen LogP contribution < -0.4 is 0 Å². The van der Waals surface area contributed by atoms with E-state index in [2.05, 4.69) is 12.2 Å². The van der Waals surface area contributed by atoms with Gasteiger partial charge in [0.05, 0.1) is 0 Å². The third kappa shape index (κ3) is 6.32. The number of aliphatic carboxylic acids is 1. The number of ketones is 1. The van der Waals surface area contributed by atoms with E-state index in [0.717, 1.165) is 54.7 Å². The Morgan fingerprint density at radius 1 is 1.28 bits per heavy atom. The quantitative estimate of drug-likeness (QED) is 0.575. The molecule has 0 saturated heterocycles. The number of benzene rings is 1. The van der Waals surface area contributed by atoms with Gasteiger partial charge in [0.25, 0.3) is 0 Å². The van der Waals surface area contributed by atoms with Crippen LogP contribution in [0.1, 0.15) is 62.5 Å². The fourth-order valence-electron chi connectivity index (χ4n) is 3.59. The van der Waals surface area contributed by atoms with Crippen molar-refractivity contribution in [3.8, 4) is 0 Å². The summed E-state index contributed by atoms with van der Waals surface area (Å²) in [5.74, 6) is 0.103. The highest BCUT2D eigenvalue weighted by Crippen LogP contribution is 2.34. The fraction of sp³-hybridized carbons (Fsp3) is 0.524. The molecule has 0 heterocycles. The van der Waals surface area contributed by atoms with E-state index in [1.165, 1.54) is 0 Å². The number of carbonyl (C=O) groups excluding carboxylic acids is 1. The molecular formula is C21H27ClO3. The van der Waals surface area contributed by atoms with Gasteiger partial charge in [0.2, 0.25) is 0 Å². The van der Waals surface area contributed by atoms with E-state index in [1.807, 2.05) is 25.1 Å². The zero-order valence-electron chi connectivity index (χ0n) is 14.8. The second-order valence-corrected chi connectivity index (χ2v) is 7.42. The summed E-state index contributed by atoms with van der Waals surface area (Å²) in [6, 6.07) is 5.86. The largest absolute Gasteiger partial charge is 0.481 e. The lowest BCUT2D eigenvalue weighted by Crippen LogP contribution is -2.13. The molecule has 0 bridgehead atoms. The van der Waals surface area contributed by atoms with Gasteiger partial charge in [-0.15, -0.1) is 0 Å². The molecule has 3 nitrogen and oxygen atoms in total. The van der Waals surface area contributed by atoms with Gasteiger partial charge < -0.3 is 5.11 Å². The van der Waals surface area contributed by atoms with Crippen molar-refractivity contribution in [1.29, 1.82) is 0 Å². The molecule has 136 valence electrons. The Kier molecular flexibility index (Phi) is 7.70. The van der Waals surface area contributed by atoms with Crippen LogP contribution in [0.5, 0.6) is 0 Å². The first kappa shape index (κ1) is 19.7. The first-order chi connectivity index (χ1) is 12.0. The number of carboxylic acid groups (broad SMARTS) is 1. The lowest BCUT2D eigenvalue weighted by molar-refractivity contribution is -0.137. The first-order valence-electron chi connectivity index (χ1n) is 9.16. The lowest BCUT2D eigenvalue weighted by atomic mass is 9.89. The maximum absolute atomic E-state index is 12.2. The van der Waals surface area contributed by atoms with Crippen LogP contribution in [0.4, 0.5) is 0 Å². The Morgan fingerprint density at radius 3 is 2.76 bits per heavy atom. The van der Waals surface area contributed by atoms with Crippen molar-refractivity contribution in [2.24, 2.45) is 11.8 Å². The number of aryl methyl sites for hydroxylation is 1. The Morgan fingerprint density at radius 2 is 2.04 bits per heavy atom. The molecule has 0 radical (unpaired) electrons. The van der Waals surface area contributed by atoms with E-state index < -0.39 is 5.97 Å². The zero-order chi connectivity index (χ0) is 18.2. The van der Waals surface area contributed by atoms with E-state index >= 15 is 0 Å². The van der Waals surface area contributed by atoms with E-state index in [0.29, 0.717) is 18.1 Å². The predicted octanol–water partition coefficient (Wildman–Crippen LogP) is 5.68. The molecule has 1 aliphatic carbocycles. The average molecular weight is 363 g/mol. The van der Waals surface area contributed by atoms with Crippen LogP contribution in [0, 0.1) is 18.8 Å². The number of allylic oxidation sites excluding steroid dienone is 1. The Balaban J connectivity index is 1.84. The van der Waals surface area contributed by atoms with E-state index in [4.69, 9.17) is 16.7 Å². The third-order valence-electron chi connectivity index (χ3n) is 5.07. The molecule has 0 amide bonds. The molecule has 0 aromatic heterocycles. The molecule has 1 aliphatic rings. The summed E-state index contributed by atoms with van der Waals surface area (Å²) >= 11 is 6.00. The molecule has 1 fully saturated rings. The van der Waals surface area contributed by atoms with Crippen molar-refractivity contribution in [3.05, 3.63) is 40.4 Å². The van der Waals surface area contributed by atoms with Crippen molar-refractivity contribution >= 4 is 29.4 Å². The summed E-state index contributed by atoms with van der Waals surface area (Å²) in [6.45, 7) is 2.04. The maximum atomic E-state index is 12.2. The highest BCUT2D eigenvalue weighted by molar-refractivity contribution is 6.30. The van der Waals surface area contributed by atoms with Crippen molar-refractivity contribution in [2.45, 2.75) is 58.3 Å². The number of carbonyl (C=O) groups is 2. The smallest absolute Gasteiger partial charge is 0.303 e. The molecular weight excluding hydrogens is 336 g/mol. The summed E-state index contributed by atoms with van der Waals surface area (Å²) in [5, 5.41) is 9.38. The number of hydrogen-bond donors (Lipinski definition) is 1. The van der Waals surface area contributed by atoms with Crippen LogP contribution in [0.25, 0.3) is 6.08 Å². The van der Waals surface area contributed by atoms with Gasteiger partial charge in [-0.2, -0.15) is 0 Å². The molecule has 2 atom stereocenters. The van der Waals surface area contributed by atoms with Crippen LogP contribution in [0.3, 0.4) is 0 Å². The second-order valence-electron chi connectivity index (χ2n) is 6.98. The molecule has 1 aromatic rings. The van der Waals surface area contributed by atoms with Gasteiger partial charge in [-0.25, -0.2) is 0 Å². The summed E-state index contributed by atoms with van der Waals surface area (Å²) in [5.41, 5.74) is 2.29. The molecule has 25 heavy (non-hydrogen) atoms. The number of rotatable bonds is 9. The summed E-state index contributed by atoms with van der Waals surface area (Å²) in [4.78, 5) is 22.7. The fourth-order valence-corrected chi connectivity index (χ4v) is 3.81. The number of Topliss-reactive ketones (excluding diaryl/α,β-unsaturated/α-hetero) is 1.